The molecule has 0 bridgehead atoms. The number of aryl methyl sites for hydroxylation is 1. The summed E-state index contributed by atoms with van der Waals surface area (Å²) in [5, 5.41) is 0.801. The highest BCUT2D eigenvalue weighted by atomic mass is 79.9. The zero-order valence-electron chi connectivity index (χ0n) is 12.0. The first-order valence-corrected chi connectivity index (χ1v) is 7.53. The summed E-state index contributed by atoms with van der Waals surface area (Å²) in [6, 6.07) is 11.8. The minimum atomic E-state index is -4.38. The van der Waals surface area contributed by atoms with Gasteiger partial charge in [0.15, 0.2) is 0 Å². The van der Waals surface area contributed by atoms with Gasteiger partial charge in [0, 0.05) is 23.0 Å². The van der Waals surface area contributed by atoms with E-state index in [-0.39, 0.29) is 5.56 Å². The second-order valence-electron chi connectivity index (χ2n) is 5.19. The number of halogens is 4. The third-order valence-corrected chi connectivity index (χ3v) is 4.23. The zero-order chi connectivity index (χ0) is 16.8. The molecule has 0 radical (unpaired) electrons. The van der Waals surface area contributed by atoms with Gasteiger partial charge in [0.1, 0.15) is 0 Å². The third-order valence-electron chi connectivity index (χ3n) is 3.73. The lowest BCUT2D eigenvalue weighted by Crippen LogP contribution is -2.16. The third kappa shape index (κ3) is 2.91. The summed E-state index contributed by atoms with van der Waals surface area (Å²) in [5.41, 5.74) is 0.969. The van der Waals surface area contributed by atoms with E-state index in [0.717, 1.165) is 22.0 Å². The number of aromatic nitrogens is 1. The maximum atomic E-state index is 12.7. The molecule has 0 spiro atoms. The zero-order valence-corrected chi connectivity index (χ0v) is 13.6. The Labute approximate surface area is 138 Å². The first-order chi connectivity index (χ1) is 10.8. The molecule has 0 atom stereocenters. The van der Waals surface area contributed by atoms with Gasteiger partial charge in [-0.05, 0) is 35.4 Å². The first kappa shape index (κ1) is 15.8. The molecular formula is C17H11BrF3NO. The Morgan fingerprint density at radius 2 is 1.65 bits per heavy atom. The molecule has 0 saturated carbocycles. The summed E-state index contributed by atoms with van der Waals surface area (Å²) in [4.78, 5) is 12.1. The monoisotopic (exact) mass is 381 g/mol. The van der Waals surface area contributed by atoms with E-state index in [1.165, 1.54) is 22.8 Å². The van der Waals surface area contributed by atoms with Gasteiger partial charge in [0.2, 0.25) is 0 Å². The van der Waals surface area contributed by atoms with Crippen molar-refractivity contribution in [2.24, 2.45) is 7.05 Å². The molecule has 1 heterocycles. The fourth-order valence-corrected chi connectivity index (χ4v) is 2.85. The quantitative estimate of drug-likeness (QED) is 0.582. The Kier molecular flexibility index (Phi) is 3.80. The van der Waals surface area contributed by atoms with E-state index in [4.69, 9.17) is 0 Å². The number of pyridine rings is 1. The van der Waals surface area contributed by atoms with Crippen LogP contribution in [0.15, 0.2) is 57.8 Å². The molecule has 23 heavy (non-hydrogen) atoms. The number of fused-ring (bicyclic) bond motifs is 1. The summed E-state index contributed by atoms with van der Waals surface area (Å²) >= 11 is 3.36. The van der Waals surface area contributed by atoms with Gasteiger partial charge >= 0.3 is 6.18 Å². The van der Waals surface area contributed by atoms with Crippen molar-refractivity contribution in [2.45, 2.75) is 6.18 Å². The molecule has 1 aromatic heterocycles. The number of rotatable bonds is 1. The van der Waals surface area contributed by atoms with Crippen molar-refractivity contribution in [1.29, 1.82) is 0 Å². The van der Waals surface area contributed by atoms with Crippen molar-refractivity contribution in [2.75, 3.05) is 0 Å². The lowest BCUT2D eigenvalue weighted by Gasteiger charge is -2.12. The fraction of sp³-hybridized carbons (Fsp3) is 0.118. The lowest BCUT2D eigenvalue weighted by atomic mass is 10.00. The summed E-state index contributed by atoms with van der Waals surface area (Å²) in [7, 11) is 1.66. The fourth-order valence-electron chi connectivity index (χ4n) is 2.50. The largest absolute Gasteiger partial charge is 0.416 e. The van der Waals surface area contributed by atoms with Crippen molar-refractivity contribution in [3.63, 3.8) is 0 Å². The SMILES string of the molecule is Cn1c(=O)cc(-c2ccc(C(F)(F)F)cc2)c2ccc(Br)cc21. The molecule has 3 rings (SSSR count). The predicted octanol–water partition coefficient (Wildman–Crippen LogP) is 4.99. The van der Waals surface area contributed by atoms with Crippen LogP contribution < -0.4 is 5.56 Å². The van der Waals surface area contributed by atoms with Crippen LogP contribution in [-0.4, -0.2) is 4.57 Å². The average Bonchev–Trinajstić information content (AvgIpc) is 2.50. The Bertz CT molecular complexity index is 943. The highest BCUT2D eigenvalue weighted by Gasteiger charge is 2.30. The van der Waals surface area contributed by atoms with E-state index >= 15 is 0 Å². The van der Waals surface area contributed by atoms with Crippen LogP contribution in [0.1, 0.15) is 5.56 Å². The van der Waals surface area contributed by atoms with Crippen molar-refractivity contribution < 1.29 is 13.2 Å². The van der Waals surface area contributed by atoms with Gasteiger partial charge in [-0.3, -0.25) is 4.79 Å². The van der Waals surface area contributed by atoms with Crippen molar-refractivity contribution >= 4 is 26.8 Å². The average molecular weight is 382 g/mol. The smallest absolute Gasteiger partial charge is 0.311 e. The lowest BCUT2D eigenvalue weighted by molar-refractivity contribution is -0.137. The Morgan fingerprint density at radius 1 is 1.00 bits per heavy atom. The van der Waals surface area contributed by atoms with Crippen LogP contribution in [0.2, 0.25) is 0 Å². The first-order valence-electron chi connectivity index (χ1n) is 6.74. The second kappa shape index (κ2) is 5.53. The van der Waals surface area contributed by atoms with Crippen LogP contribution in [0, 0.1) is 0 Å². The molecule has 0 saturated heterocycles. The van der Waals surface area contributed by atoms with Crippen LogP contribution in [0.3, 0.4) is 0 Å². The van der Waals surface area contributed by atoms with Gasteiger partial charge in [-0.25, -0.2) is 0 Å². The van der Waals surface area contributed by atoms with Crippen molar-refractivity contribution in [3.05, 3.63) is 68.9 Å². The van der Waals surface area contributed by atoms with Crippen LogP contribution in [-0.2, 0) is 13.2 Å². The van der Waals surface area contributed by atoms with E-state index in [0.29, 0.717) is 16.6 Å². The van der Waals surface area contributed by atoms with Gasteiger partial charge in [-0.15, -0.1) is 0 Å². The van der Waals surface area contributed by atoms with Gasteiger partial charge in [-0.1, -0.05) is 34.1 Å². The molecule has 0 aliphatic rings. The van der Waals surface area contributed by atoms with Crippen molar-refractivity contribution in [3.8, 4) is 11.1 Å². The van der Waals surface area contributed by atoms with Gasteiger partial charge in [0.05, 0.1) is 11.1 Å². The molecule has 0 aliphatic heterocycles. The Hall–Kier alpha value is -2.08. The maximum absolute atomic E-state index is 12.7. The highest BCUT2D eigenvalue weighted by molar-refractivity contribution is 9.10. The molecule has 2 aromatic carbocycles. The molecule has 2 nitrogen and oxygen atoms in total. The summed E-state index contributed by atoms with van der Waals surface area (Å²) in [5.74, 6) is 0. The topological polar surface area (TPSA) is 22.0 Å². The van der Waals surface area contributed by atoms with E-state index in [1.807, 2.05) is 18.2 Å². The Morgan fingerprint density at radius 3 is 2.26 bits per heavy atom. The molecule has 0 fully saturated rings. The predicted molar refractivity (Wildman–Crippen MR) is 87.3 cm³/mol. The van der Waals surface area contributed by atoms with E-state index in [1.54, 1.807) is 7.05 Å². The minimum absolute atomic E-state index is 0.217. The molecule has 6 heteroatoms. The highest BCUT2D eigenvalue weighted by Crippen LogP contribution is 2.33. The van der Waals surface area contributed by atoms with Crippen molar-refractivity contribution in [1.82, 2.24) is 4.57 Å². The summed E-state index contributed by atoms with van der Waals surface area (Å²) < 4.78 is 40.4. The summed E-state index contributed by atoms with van der Waals surface area (Å²) in [6.07, 6.45) is -4.38. The van der Waals surface area contributed by atoms with Gasteiger partial charge in [0.25, 0.3) is 5.56 Å². The minimum Gasteiger partial charge on any atom is -0.311 e. The maximum Gasteiger partial charge on any atom is 0.416 e. The van der Waals surface area contributed by atoms with E-state index in [2.05, 4.69) is 15.9 Å². The standard InChI is InChI=1S/C17H11BrF3NO/c1-22-15-8-12(18)6-7-13(15)14(9-16(22)23)10-2-4-11(5-3-10)17(19,20)21/h2-9H,1H3. The number of nitrogens with zero attached hydrogens (tertiary/aromatic N) is 1. The van der Waals surface area contributed by atoms with Crippen LogP contribution >= 0.6 is 15.9 Å². The van der Waals surface area contributed by atoms with Crippen LogP contribution in [0.4, 0.5) is 13.2 Å². The number of alkyl halides is 3. The second-order valence-corrected chi connectivity index (χ2v) is 6.11. The molecule has 118 valence electrons. The molecule has 0 aliphatic carbocycles. The van der Waals surface area contributed by atoms with Crippen LogP contribution in [0.25, 0.3) is 22.0 Å². The molecule has 0 unspecified atom stereocenters. The van der Waals surface area contributed by atoms with Gasteiger partial charge in [-0.2, -0.15) is 13.2 Å². The normalized spacial score (nSPS) is 11.9. The molecule has 0 N–H and O–H groups in total. The van der Waals surface area contributed by atoms with E-state index in [9.17, 15) is 18.0 Å². The van der Waals surface area contributed by atoms with E-state index < -0.39 is 11.7 Å². The van der Waals surface area contributed by atoms with Crippen LogP contribution in [0.5, 0.6) is 0 Å². The number of hydrogen-bond donors (Lipinski definition) is 0. The summed E-state index contributed by atoms with van der Waals surface area (Å²) in [6.45, 7) is 0. The Balaban J connectivity index is 2.24. The number of hydrogen-bond acceptors (Lipinski definition) is 1. The molecule has 0 amide bonds. The number of benzene rings is 2. The molecular weight excluding hydrogens is 371 g/mol. The molecule has 3 aromatic rings. The van der Waals surface area contributed by atoms with Gasteiger partial charge < -0.3 is 4.57 Å².